The molecule has 1 spiro atoms. The van der Waals surface area contributed by atoms with Crippen LogP contribution >= 0.6 is 0 Å². The molecule has 1 N–H and O–H groups in total. The number of hydrogen-bond donors (Lipinski definition) is 1. The minimum Gasteiger partial charge on any atom is -0.317 e. The molecule has 0 saturated carbocycles. The highest BCUT2D eigenvalue weighted by Gasteiger charge is 2.37. The highest BCUT2D eigenvalue weighted by Crippen LogP contribution is 2.42. The van der Waals surface area contributed by atoms with Gasteiger partial charge in [-0.05, 0) is 49.3 Å². The van der Waals surface area contributed by atoms with Crippen molar-refractivity contribution < 1.29 is 4.79 Å². The quantitative estimate of drug-likeness (QED) is 0.758. The summed E-state index contributed by atoms with van der Waals surface area (Å²) in [6, 6.07) is 0. The summed E-state index contributed by atoms with van der Waals surface area (Å²) in [5.41, 5.74) is 1.37. The maximum Gasteiger partial charge on any atom is 0.159 e. The van der Waals surface area contributed by atoms with Gasteiger partial charge in [0.25, 0.3) is 0 Å². The van der Waals surface area contributed by atoms with Crippen LogP contribution in [0.5, 0.6) is 0 Å². The second-order valence-corrected chi connectivity index (χ2v) is 5.37. The van der Waals surface area contributed by atoms with Crippen LogP contribution in [0.1, 0.15) is 53.4 Å². The van der Waals surface area contributed by atoms with Crippen LogP contribution in [0.4, 0.5) is 0 Å². The lowest BCUT2D eigenvalue weighted by Crippen LogP contribution is -2.40. The summed E-state index contributed by atoms with van der Waals surface area (Å²) < 4.78 is 0. The first kappa shape index (κ1) is 14.4. The Morgan fingerprint density at radius 1 is 1.24 bits per heavy atom. The predicted octanol–water partition coefficient (Wildman–Crippen LogP) is 3.33. The lowest BCUT2D eigenvalue weighted by molar-refractivity contribution is -0.119. The molecule has 2 aliphatic rings. The summed E-state index contributed by atoms with van der Waals surface area (Å²) >= 11 is 0. The van der Waals surface area contributed by atoms with E-state index in [0.717, 1.165) is 31.5 Å². The van der Waals surface area contributed by atoms with E-state index >= 15 is 0 Å². The van der Waals surface area contributed by atoms with Gasteiger partial charge in [-0.25, -0.2) is 0 Å². The van der Waals surface area contributed by atoms with E-state index in [2.05, 4.69) is 25.2 Å². The molecule has 17 heavy (non-hydrogen) atoms. The highest BCUT2D eigenvalue weighted by atomic mass is 16.1. The molecule has 0 radical (unpaired) electrons. The lowest BCUT2D eigenvalue weighted by atomic mass is 9.67. The number of carbonyl (C=O) groups excluding carboxylic acids is 1. The average Bonchev–Trinajstić information content (AvgIpc) is 2.32. The monoisotopic (exact) mass is 237 g/mol. The largest absolute Gasteiger partial charge is 0.317 e. The number of ketones is 1. The van der Waals surface area contributed by atoms with Crippen molar-refractivity contribution in [3.05, 3.63) is 11.6 Å². The molecule has 0 amide bonds. The fourth-order valence-corrected chi connectivity index (χ4v) is 2.85. The van der Waals surface area contributed by atoms with Crippen LogP contribution in [-0.2, 0) is 4.79 Å². The van der Waals surface area contributed by atoms with Gasteiger partial charge in [0.05, 0.1) is 0 Å². The van der Waals surface area contributed by atoms with Crippen molar-refractivity contribution in [2.45, 2.75) is 53.4 Å². The molecular formula is C15H27NO. The number of hydrogen-bond acceptors (Lipinski definition) is 2. The topological polar surface area (TPSA) is 29.1 Å². The summed E-state index contributed by atoms with van der Waals surface area (Å²) in [6.07, 6.45) is 6.45. The van der Waals surface area contributed by atoms with Gasteiger partial charge >= 0.3 is 0 Å². The maximum absolute atomic E-state index is 12.0. The van der Waals surface area contributed by atoms with E-state index < -0.39 is 0 Å². The molecule has 2 heteroatoms. The van der Waals surface area contributed by atoms with Crippen LogP contribution in [-0.4, -0.2) is 18.9 Å². The van der Waals surface area contributed by atoms with E-state index in [4.69, 9.17) is 0 Å². The third-order valence-electron chi connectivity index (χ3n) is 3.90. The first-order valence-electron chi connectivity index (χ1n) is 7.07. The smallest absolute Gasteiger partial charge is 0.159 e. The number of Topliss-reactive ketones (excluding diaryl/α,β-unsaturated/α-hetero) is 1. The van der Waals surface area contributed by atoms with Crippen molar-refractivity contribution in [3.63, 3.8) is 0 Å². The maximum atomic E-state index is 12.0. The molecule has 1 fully saturated rings. The first-order chi connectivity index (χ1) is 8.13. The molecule has 1 heterocycles. The van der Waals surface area contributed by atoms with E-state index in [1.165, 1.54) is 12.8 Å². The van der Waals surface area contributed by atoms with Crippen LogP contribution in [0, 0.1) is 11.3 Å². The molecule has 0 bridgehead atoms. The molecule has 2 nitrogen and oxygen atoms in total. The van der Waals surface area contributed by atoms with Crippen LogP contribution in [0.3, 0.4) is 0 Å². The SMILES string of the molecule is CC.CC(C)C1=CCC2(CCNCC2)CC1=O. The highest BCUT2D eigenvalue weighted by molar-refractivity contribution is 5.97. The minimum absolute atomic E-state index is 0.306. The molecule has 98 valence electrons. The zero-order chi connectivity index (χ0) is 12.9. The van der Waals surface area contributed by atoms with Crippen molar-refractivity contribution in [3.8, 4) is 0 Å². The van der Waals surface area contributed by atoms with Gasteiger partial charge in [0, 0.05) is 6.42 Å². The second-order valence-electron chi connectivity index (χ2n) is 5.37. The van der Waals surface area contributed by atoms with Gasteiger partial charge in [0.1, 0.15) is 0 Å². The van der Waals surface area contributed by atoms with Crippen LogP contribution in [0.2, 0.25) is 0 Å². The Bertz CT molecular complexity index is 285. The molecule has 0 atom stereocenters. The Morgan fingerprint density at radius 2 is 1.82 bits per heavy atom. The Kier molecular flexibility index (Phi) is 5.38. The first-order valence-corrected chi connectivity index (χ1v) is 7.07. The van der Waals surface area contributed by atoms with Gasteiger partial charge in [-0.1, -0.05) is 33.8 Å². The summed E-state index contributed by atoms with van der Waals surface area (Å²) in [7, 11) is 0. The van der Waals surface area contributed by atoms with Gasteiger partial charge in [0.2, 0.25) is 0 Å². The number of piperidine rings is 1. The normalized spacial score (nSPS) is 23.1. The third kappa shape index (κ3) is 3.41. The third-order valence-corrected chi connectivity index (χ3v) is 3.90. The van der Waals surface area contributed by atoms with Crippen molar-refractivity contribution >= 4 is 5.78 Å². The fourth-order valence-electron chi connectivity index (χ4n) is 2.85. The lowest BCUT2D eigenvalue weighted by Gasteiger charge is -2.39. The summed E-state index contributed by atoms with van der Waals surface area (Å²) in [4.78, 5) is 12.0. The van der Waals surface area contributed by atoms with E-state index in [9.17, 15) is 4.79 Å². The van der Waals surface area contributed by atoms with Gasteiger partial charge in [0.15, 0.2) is 5.78 Å². The van der Waals surface area contributed by atoms with Gasteiger partial charge in [-0.2, -0.15) is 0 Å². The summed E-state index contributed by atoms with van der Waals surface area (Å²) in [6.45, 7) is 10.4. The Labute approximate surface area is 106 Å². The fraction of sp³-hybridized carbons (Fsp3) is 0.800. The molecular weight excluding hydrogens is 210 g/mol. The molecule has 1 saturated heterocycles. The Morgan fingerprint density at radius 3 is 2.29 bits per heavy atom. The number of allylic oxidation sites excluding steroid dienone is 2. The molecule has 0 aromatic heterocycles. The van der Waals surface area contributed by atoms with Crippen LogP contribution < -0.4 is 5.32 Å². The predicted molar refractivity (Wildman–Crippen MR) is 73.0 cm³/mol. The van der Waals surface area contributed by atoms with Crippen molar-refractivity contribution in [2.24, 2.45) is 11.3 Å². The van der Waals surface area contributed by atoms with Gasteiger partial charge in [-0.15, -0.1) is 0 Å². The molecule has 0 unspecified atom stereocenters. The molecule has 1 aliphatic heterocycles. The number of rotatable bonds is 1. The standard InChI is InChI=1S/C13H21NO.C2H6/c1-10(2)11-3-4-13(9-12(11)15)5-7-14-8-6-13;1-2/h3,10,14H,4-9H2,1-2H3;1-2H3. The van der Waals surface area contributed by atoms with E-state index in [1.54, 1.807) is 0 Å². The Balaban J connectivity index is 0.000000686. The zero-order valence-electron chi connectivity index (χ0n) is 11.8. The number of nitrogens with one attached hydrogen (secondary N) is 1. The average molecular weight is 237 g/mol. The number of carbonyl (C=O) groups is 1. The summed E-state index contributed by atoms with van der Waals surface area (Å²) in [5, 5.41) is 3.37. The summed E-state index contributed by atoms with van der Waals surface area (Å²) in [5.74, 6) is 0.801. The van der Waals surface area contributed by atoms with Gasteiger partial charge in [-0.3, -0.25) is 4.79 Å². The van der Waals surface area contributed by atoms with Crippen LogP contribution in [0.15, 0.2) is 11.6 Å². The van der Waals surface area contributed by atoms with E-state index in [1.807, 2.05) is 13.8 Å². The molecule has 0 aromatic rings. The van der Waals surface area contributed by atoms with Crippen molar-refractivity contribution in [1.29, 1.82) is 0 Å². The second kappa shape index (κ2) is 6.34. The van der Waals surface area contributed by atoms with E-state index in [-0.39, 0.29) is 0 Å². The molecule has 1 aliphatic carbocycles. The Hall–Kier alpha value is -0.630. The zero-order valence-corrected chi connectivity index (χ0v) is 11.8. The molecule has 2 rings (SSSR count). The van der Waals surface area contributed by atoms with E-state index in [0.29, 0.717) is 17.1 Å². The van der Waals surface area contributed by atoms with Crippen molar-refractivity contribution in [1.82, 2.24) is 5.32 Å². The molecule has 0 aromatic carbocycles. The van der Waals surface area contributed by atoms with Gasteiger partial charge < -0.3 is 5.32 Å². The van der Waals surface area contributed by atoms with Crippen LogP contribution in [0.25, 0.3) is 0 Å². The van der Waals surface area contributed by atoms with Crippen molar-refractivity contribution in [2.75, 3.05) is 13.1 Å². The minimum atomic E-state index is 0.306.